The van der Waals surface area contributed by atoms with Crippen molar-refractivity contribution >= 4 is 57.1 Å². The van der Waals surface area contributed by atoms with Crippen LogP contribution in [0, 0.1) is 0 Å². The Kier molecular flexibility index (Phi) is 9.75. The number of hydrogen-bond acceptors (Lipinski definition) is 6. The van der Waals surface area contributed by atoms with Gasteiger partial charge in [0, 0.05) is 11.1 Å². The summed E-state index contributed by atoms with van der Waals surface area (Å²) in [6, 6.07) is 0. The number of ether oxygens (including phenoxy) is 3. The fourth-order valence-electron chi connectivity index (χ4n) is 3.31. The van der Waals surface area contributed by atoms with Gasteiger partial charge in [0.1, 0.15) is 14.5 Å². The first-order valence-electron chi connectivity index (χ1n) is 9.27. The lowest BCUT2D eigenvalue weighted by Gasteiger charge is -2.53. The van der Waals surface area contributed by atoms with Crippen LogP contribution < -0.4 is 0 Å². The van der Waals surface area contributed by atoms with E-state index in [0.717, 1.165) is 12.8 Å². The van der Waals surface area contributed by atoms with E-state index in [1.807, 2.05) is 45.2 Å². The predicted molar refractivity (Wildman–Crippen MR) is 123 cm³/mol. The SMILES string of the molecule is CC(I)C(=O)OCC(COC1CC(C)(C)N(C)C(C)(C)C1)OC(=O)C(C)I. The summed E-state index contributed by atoms with van der Waals surface area (Å²) < 4.78 is 16.4. The molecule has 0 aliphatic carbocycles. The second kappa shape index (κ2) is 10.4. The molecule has 1 saturated heterocycles. The summed E-state index contributed by atoms with van der Waals surface area (Å²) >= 11 is 4.01. The number of piperidine rings is 1. The fourth-order valence-corrected chi connectivity index (χ4v) is 3.63. The van der Waals surface area contributed by atoms with E-state index in [4.69, 9.17) is 14.2 Å². The summed E-state index contributed by atoms with van der Waals surface area (Å²) in [6.45, 7) is 12.6. The van der Waals surface area contributed by atoms with Crippen molar-refractivity contribution in [1.29, 1.82) is 0 Å². The van der Waals surface area contributed by atoms with Crippen molar-refractivity contribution in [2.75, 3.05) is 20.3 Å². The second-order valence-corrected chi connectivity index (χ2v) is 12.2. The van der Waals surface area contributed by atoms with Crippen LogP contribution in [0.25, 0.3) is 0 Å². The molecule has 1 heterocycles. The molecule has 0 bridgehead atoms. The van der Waals surface area contributed by atoms with Gasteiger partial charge in [-0.05, 0) is 61.4 Å². The Labute approximate surface area is 190 Å². The number of likely N-dealkylation sites (tertiary alicyclic amines) is 1. The van der Waals surface area contributed by atoms with Crippen LogP contribution in [0.1, 0.15) is 54.4 Å². The summed E-state index contributed by atoms with van der Waals surface area (Å²) in [6.07, 6.45) is 1.24. The Bertz CT molecular complexity index is 504. The van der Waals surface area contributed by atoms with Gasteiger partial charge in [-0.15, -0.1) is 0 Å². The molecular weight excluding hydrogens is 576 g/mol. The van der Waals surface area contributed by atoms with E-state index in [-0.39, 0.29) is 50.2 Å². The molecule has 0 aromatic heterocycles. The van der Waals surface area contributed by atoms with E-state index in [2.05, 4.69) is 39.6 Å². The summed E-state index contributed by atoms with van der Waals surface area (Å²) in [5.74, 6) is -0.646. The molecular formula is C19H33I2NO5. The summed E-state index contributed by atoms with van der Waals surface area (Å²) in [5, 5.41) is 0. The van der Waals surface area contributed by atoms with Crippen molar-refractivity contribution in [2.45, 2.75) is 85.5 Å². The van der Waals surface area contributed by atoms with Gasteiger partial charge in [0.05, 0.1) is 12.7 Å². The monoisotopic (exact) mass is 609 g/mol. The standard InChI is InChI=1S/C19H33I2NO5/c1-12(20)16(23)26-11-15(27-17(24)13(2)21)10-25-14-8-18(3,4)22(7)19(5,6)9-14/h12-15H,8-11H2,1-7H3. The first-order valence-corrected chi connectivity index (χ1v) is 11.8. The molecule has 0 radical (unpaired) electrons. The van der Waals surface area contributed by atoms with E-state index < -0.39 is 6.10 Å². The van der Waals surface area contributed by atoms with Crippen LogP contribution in [0.4, 0.5) is 0 Å². The lowest BCUT2D eigenvalue weighted by Crippen LogP contribution is -2.60. The van der Waals surface area contributed by atoms with Crippen LogP contribution in [0.3, 0.4) is 0 Å². The first-order chi connectivity index (χ1) is 12.3. The van der Waals surface area contributed by atoms with Crippen LogP contribution in [0.15, 0.2) is 0 Å². The summed E-state index contributed by atoms with van der Waals surface area (Å²) in [4.78, 5) is 26.1. The molecule has 0 saturated carbocycles. The van der Waals surface area contributed by atoms with E-state index in [0.29, 0.717) is 0 Å². The van der Waals surface area contributed by atoms with E-state index in [9.17, 15) is 9.59 Å². The van der Waals surface area contributed by atoms with Gasteiger partial charge >= 0.3 is 11.9 Å². The van der Waals surface area contributed by atoms with Gasteiger partial charge in [-0.2, -0.15) is 0 Å². The molecule has 3 atom stereocenters. The van der Waals surface area contributed by atoms with Crippen molar-refractivity contribution in [3.05, 3.63) is 0 Å². The summed E-state index contributed by atoms with van der Waals surface area (Å²) in [5.41, 5.74) is 0.0246. The van der Waals surface area contributed by atoms with Crippen molar-refractivity contribution < 1.29 is 23.8 Å². The maximum Gasteiger partial charge on any atom is 0.319 e. The van der Waals surface area contributed by atoms with Gasteiger partial charge in [-0.3, -0.25) is 14.5 Å². The number of rotatable bonds is 8. The molecule has 8 heteroatoms. The fraction of sp³-hybridized carbons (Fsp3) is 0.895. The zero-order valence-corrected chi connectivity index (χ0v) is 21.7. The largest absolute Gasteiger partial charge is 0.461 e. The highest BCUT2D eigenvalue weighted by atomic mass is 127. The van der Waals surface area contributed by atoms with Crippen LogP contribution in [-0.2, 0) is 23.8 Å². The lowest BCUT2D eigenvalue weighted by molar-refractivity contribution is -0.166. The Morgan fingerprint density at radius 1 is 1.00 bits per heavy atom. The molecule has 1 aliphatic heterocycles. The van der Waals surface area contributed by atoms with Gasteiger partial charge in [-0.1, -0.05) is 45.2 Å². The lowest BCUT2D eigenvalue weighted by atomic mass is 9.79. The molecule has 158 valence electrons. The number of carbonyl (C=O) groups excluding carboxylic acids is 2. The zero-order chi connectivity index (χ0) is 21.0. The number of carbonyl (C=O) groups is 2. The van der Waals surface area contributed by atoms with Crippen LogP contribution in [0.5, 0.6) is 0 Å². The van der Waals surface area contributed by atoms with Crippen molar-refractivity contribution in [3.63, 3.8) is 0 Å². The predicted octanol–water partition coefficient (Wildman–Crippen LogP) is 3.76. The zero-order valence-electron chi connectivity index (χ0n) is 17.4. The molecule has 6 nitrogen and oxygen atoms in total. The molecule has 1 rings (SSSR count). The molecule has 0 N–H and O–H groups in total. The third kappa shape index (κ3) is 7.93. The number of nitrogens with zero attached hydrogens (tertiary/aromatic N) is 1. The number of halogens is 2. The minimum atomic E-state index is -0.598. The van der Waals surface area contributed by atoms with E-state index in [1.165, 1.54) is 0 Å². The molecule has 0 aromatic rings. The molecule has 0 amide bonds. The first kappa shape index (κ1) is 25.4. The van der Waals surface area contributed by atoms with Crippen molar-refractivity contribution in [3.8, 4) is 0 Å². The highest BCUT2D eigenvalue weighted by Gasteiger charge is 2.43. The third-order valence-corrected chi connectivity index (χ3v) is 6.15. The number of esters is 2. The normalized spacial score (nSPS) is 23.3. The Hall–Kier alpha value is 0.320. The Balaban J connectivity index is 2.71. The van der Waals surface area contributed by atoms with Crippen LogP contribution in [-0.4, -0.2) is 68.2 Å². The third-order valence-electron chi connectivity index (χ3n) is 5.13. The average Bonchev–Trinajstić information content (AvgIpc) is 2.53. The Morgan fingerprint density at radius 3 is 1.93 bits per heavy atom. The molecule has 0 spiro atoms. The number of alkyl halides is 2. The topological polar surface area (TPSA) is 65.1 Å². The highest BCUT2D eigenvalue weighted by Crippen LogP contribution is 2.38. The van der Waals surface area contributed by atoms with Gasteiger partial charge < -0.3 is 14.2 Å². The van der Waals surface area contributed by atoms with Crippen LogP contribution >= 0.6 is 45.2 Å². The minimum Gasteiger partial charge on any atom is -0.461 e. The number of hydrogen-bond donors (Lipinski definition) is 0. The highest BCUT2D eigenvalue weighted by molar-refractivity contribution is 14.1. The molecule has 3 unspecified atom stereocenters. The molecule has 27 heavy (non-hydrogen) atoms. The van der Waals surface area contributed by atoms with Crippen molar-refractivity contribution in [1.82, 2.24) is 4.90 Å². The maximum absolute atomic E-state index is 12.0. The van der Waals surface area contributed by atoms with Crippen molar-refractivity contribution in [2.24, 2.45) is 0 Å². The smallest absolute Gasteiger partial charge is 0.319 e. The van der Waals surface area contributed by atoms with Gasteiger partial charge in [0.25, 0.3) is 0 Å². The average molecular weight is 609 g/mol. The molecule has 1 fully saturated rings. The minimum absolute atomic E-state index is 0.0123. The summed E-state index contributed by atoms with van der Waals surface area (Å²) in [7, 11) is 2.15. The van der Waals surface area contributed by atoms with Gasteiger partial charge in [-0.25, -0.2) is 0 Å². The molecule has 0 aromatic carbocycles. The van der Waals surface area contributed by atoms with E-state index in [1.54, 1.807) is 13.8 Å². The van der Waals surface area contributed by atoms with Gasteiger partial charge in [0.2, 0.25) is 0 Å². The quantitative estimate of drug-likeness (QED) is 0.238. The van der Waals surface area contributed by atoms with E-state index >= 15 is 0 Å². The second-order valence-electron chi connectivity index (χ2n) is 8.47. The maximum atomic E-state index is 12.0. The Morgan fingerprint density at radius 2 is 1.48 bits per heavy atom. The van der Waals surface area contributed by atoms with Gasteiger partial charge in [0.15, 0.2) is 6.10 Å². The molecule has 1 aliphatic rings. The van der Waals surface area contributed by atoms with Crippen LogP contribution in [0.2, 0.25) is 0 Å².